The van der Waals surface area contributed by atoms with E-state index in [4.69, 9.17) is 0 Å². The van der Waals surface area contributed by atoms with Crippen molar-refractivity contribution < 1.29 is 4.79 Å². The van der Waals surface area contributed by atoms with Crippen LogP contribution in [0.4, 0.5) is 5.69 Å². The standard InChI is InChI=1S/C17H24N4OS/c1-6-21-16(11(2)3)19-20-17(21)23-10-15(22)18-14-8-12(4)7-13(5)9-14/h7-9,11H,6,10H2,1-5H3,(H,18,22). The van der Waals surface area contributed by atoms with Gasteiger partial charge in [-0.2, -0.15) is 0 Å². The van der Waals surface area contributed by atoms with E-state index in [1.807, 2.05) is 26.0 Å². The largest absolute Gasteiger partial charge is 0.325 e. The van der Waals surface area contributed by atoms with Crippen LogP contribution in [0.1, 0.15) is 43.6 Å². The molecule has 1 aromatic heterocycles. The Morgan fingerprint density at radius 3 is 2.43 bits per heavy atom. The molecule has 0 atom stereocenters. The monoisotopic (exact) mass is 332 g/mol. The molecule has 6 heteroatoms. The first-order valence-corrected chi connectivity index (χ1v) is 8.83. The predicted octanol–water partition coefficient (Wildman–Crippen LogP) is 3.77. The lowest BCUT2D eigenvalue weighted by molar-refractivity contribution is -0.113. The van der Waals surface area contributed by atoms with Crippen LogP contribution in [0.2, 0.25) is 0 Å². The lowest BCUT2D eigenvalue weighted by Crippen LogP contribution is -2.15. The average molecular weight is 332 g/mol. The Hall–Kier alpha value is -1.82. The third-order valence-corrected chi connectivity index (χ3v) is 4.38. The van der Waals surface area contributed by atoms with Gasteiger partial charge in [0.15, 0.2) is 5.16 Å². The van der Waals surface area contributed by atoms with Crippen LogP contribution in [0.3, 0.4) is 0 Å². The number of nitrogens with zero attached hydrogens (tertiary/aromatic N) is 3. The highest BCUT2D eigenvalue weighted by atomic mass is 32.2. The molecule has 0 aliphatic heterocycles. The summed E-state index contributed by atoms with van der Waals surface area (Å²) in [7, 11) is 0. The number of anilines is 1. The number of hydrogen-bond donors (Lipinski definition) is 1. The highest BCUT2D eigenvalue weighted by Crippen LogP contribution is 2.21. The van der Waals surface area contributed by atoms with Gasteiger partial charge in [-0.15, -0.1) is 10.2 Å². The Morgan fingerprint density at radius 2 is 1.87 bits per heavy atom. The molecule has 0 fully saturated rings. The summed E-state index contributed by atoms with van der Waals surface area (Å²) in [6.07, 6.45) is 0. The lowest BCUT2D eigenvalue weighted by Gasteiger charge is -2.10. The Kier molecular flexibility index (Phi) is 5.82. The fourth-order valence-corrected chi connectivity index (χ4v) is 3.31. The highest BCUT2D eigenvalue weighted by Gasteiger charge is 2.15. The van der Waals surface area contributed by atoms with Crippen LogP contribution in [0.25, 0.3) is 0 Å². The summed E-state index contributed by atoms with van der Waals surface area (Å²) in [5, 5.41) is 12.2. The first-order valence-electron chi connectivity index (χ1n) is 7.84. The van der Waals surface area contributed by atoms with Gasteiger partial charge < -0.3 is 9.88 Å². The molecule has 1 N–H and O–H groups in total. The minimum atomic E-state index is -0.0308. The molecular formula is C17H24N4OS. The first-order chi connectivity index (χ1) is 10.9. The molecular weight excluding hydrogens is 308 g/mol. The summed E-state index contributed by atoms with van der Waals surface area (Å²) in [5.74, 6) is 1.57. The van der Waals surface area contributed by atoms with Gasteiger partial charge in [0.1, 0.15) is 5.82 Å². The van der Waals surface area contributed by atoms with Crippen molar-refractivity contribution in [1.29, 1.82) is 0 Å². The highest BCUT2D eigenvalue weighted by molar-refractivity contribution is 7.99. The minimum Gasteiger partial charge on any atom is -0.325 e. The number of nitrogens with one attached hydrogen (secondary N) is 1. The van der Waals surface area contributed by atoms with E-state index in [1.165, 1.54) is 11.8 Å². The predicted molar refractivity (Wildman–Crippen MR) is 95.1 cm³/mol. The number of hydrogen-bond acceptors (Lipinski definition) is 4. The van der Waals surface area contributed by atoms with Gasteiger partial charge in [0, 0.05) is 18.2 Å². The van der Waals surface area contributed by atoms with Crippen LogP contribution in [0.5, 0.6) is 0 Å². The third-order valence-electron chi connectivity index (χ3n) is 3.42. The summed E-state index contributed by atoms with van der Waals surface area (Å²) < 4.78 is 2.07. The van der Waals surface area contributed by atoms with E-state index < -0.39 is 0 Å². The van der Waals surface area contributed by atoms with Crippen molar-refractivity contribution in [1.82, 2.24) is 14.8 Å². The molecule has 124 valence electrons. The Morgan fingerprint density at radius 1 is 1.22 bits per heavy atom. The topological polar surface area (TPSA) is 59.8 Å². The molecule has 23 heavy (non-hydrogen) atoms. The first kappa shape index (κ1) is 17.5. The van der Waals surface area contributed by atoms with Gasteiger partial charge in [-0.25, -0.2) is 0 Å². The van der Waals surface area contributed by atoms with Crippen molar-refractivity contribution >= 4 is 23.4 Å². The Bertz CT molecular complexity index is 674. The van der Waals surface area contributed by atoms with Gasteiger partial charge in [-0.3, -0.25) is 4.79 Å². The van der Waals surface area contributed by atoms with E-state index in [2.05, 4.69) is 46.9 Å². The number of aromatic nitrogens is 3. The van der Waals surface area contributed by atoms with Gasteiger partial charge in [-0.1, -0.05) is 31.7 Å². The summed E-state index contributed by atoms with van der Waals surface area (Å²) in [6, 6.07) is 6.03. The van der Waals surface area contributed by atoms with Crippen molar-refractivity contribution in [2.24, 2.45) is 0 Å². The number of aryl methyl sites for hydroxylation is 2. The molecule has 2 rings (SSSR count). The number of carbonyl (C=O) groups is 1. The molecule has 0 bridgehead atoms. The zero-order valence-electron chi connectivity index (χ0n) is 14.4. The molecule has 1 amide bonds. The zero-order chi connectivity index (χ0) is 17.0. The number of rotatable bonds is 6. The van der Waals surface area contributed by atoms with Crippen molar-refractivity contribution in [3.05, 3.63) is 35.2 Å². The van der Waals surface area contributed by atoms with Gasteiger partial charge >= 0.3 is 0 Å². The van der Waals surface area contributed by atoms with Crippen molar-refractivity contribution in [3.8, 4) is 0 Å². The number of amides is 1. The molecule has 0 aliphatic rings. The van der Waals surface area contributed by atoms with Gasteiger partial charge in [0.25, 0.3) is 0 Å². The molecule has 1 heterocycles. The Labute approximate surface area is 141 Å². The quantitative estimate of drug-likeness (QED) is 0.818. The fourth-order valence-electron chi connectivity index (χ4n) is 2.51. The molecule has 5 nitrogen and oxygen atoms in total. The molecule has 2 aromatic rings. The maximum Gasteiger partial charge on any atom is 0.234 e. The summed E-state index contributed by atoms with van der Waals surface area (Å²) in [6.45, 7) is 11.1. The second-order valence-corrected chi connectivity index (χ2v) is 6.90. The van der Waals surface area contributed by atoms with Gasteiger partial charge in [0.2, 0.25) is 5.91 Å². The minimum absolute atomic E-state index is 0.0308. The van der Waals surface area contributed by atoms with Crippen LogP contribution >= 0.6 is 11.8 Å². The summed E-state index contributed by atoms with van der Waals surface area (Å²) in [5.41, 5.74) is 3.12. The molecule has 1 aromatic carbocycles. The second-order valence-electron chi connectivity index (χ2n) is 5.95. The van der Waals surface area contributed by atoms with E-state index in [9.17, 15) is 4.79 Å². The maximum atomic E-state index is 12.2. The van der Waals surface area contributed by atoms with E-state index in [-0.39, 0.29) is 5.91 Å². The Balaban J connectivity index is 1.99. The number of carbonyl (C=O) groups excluding carboxylic acids is 1. The van der Waals surface area contributed by atoms with Crippen LogP contribution in [-0.2, 0) is 11.3 Å². The second kappa shape index (κ2) is 7.64. The SMILES string of the molecule is CCn1c(SCC(=O)Nc2cc(C)cc(C)c2)nnc1C(C)C. The van der Waals surface area contributed by atoms with Gasteiger partial charge in [-0.05, 0) is 44.0 Å². The molecule has 0 saturated carbocycles. The van der Waals surface area contributed by atoms with Crippen LogP contribution in [-0.4, -0.2) is 26.4 Å². The fraction of sp³-hybridized carbons (Fsp3) is 0.471. The average Bonchev–Trinajstić information content (AvgIpc) is 2.87. The zero-order valence-corrected chi connectivity index (χ0v) is 15.2. The van der Waals surface area contributed by atoms with Crippen molar-refractivity contribution in [2.75, 3.05) is 11.1 Å². The normalized spacial score (nSPS) is 11.0. The van der Waals surface area contributed by atoms with Crippen molar-refractivity contribution in [3.63, 3.8) is 0 Å². The van der Waals surface area contributed by atoms with E-state index in [0.717, 1.165) is 34.3 Å². The molecule has 0 spiro atoms. The van der Waals surface area contributed by atoms with E-state index in [0.29, 0.717) is 11.7 Å². The molecule has 0 aliphatic carbocycles. The molecule has 0 saturated heterocycles. The molecule has 0 radical (unpaired) electrons. The maximum absolute atomic E-state index is 12.2. The van der Waals surface area contributed by atoms with Crippen LogP contribution in [0.15, 0.2) is 23.4 Å². The smallest absolute Gasteiger partial charge is 0.234 e. The lowest BCUT2D eigenvalue weighted by atomic mass is 10.1. The molecule has 0 unspecified atom stereocenters. The third kappa shape index (κ3) is 4.58. The van der Waals surface area contributed by atoms with Crippen LogP contribution in [0, 0.1) is 13.8 Å². The van der Waals surface area contributed by atoms with Crippen molar-refractivity contribution in [2.45, 2.75) is 52.2 Å². The van der Waals surface area contributed by atoms with Crippen LogP contribution < -0.4 is 5.32 Å². The van der Waals surface area contributed by atoms with Gasteiger partial charge in [0.05, 0.1) is 5.75 Å². The number of thioether (sulfide) groups is 1. The number of benzene rings is 1. The van der Waals surface area contributed by atoms with E-state index >= 15 is 0 Å². The summed E-state index contributed by atoms with van der Waals surface area (Å²) in [4.78, 5) is 12.2. The van der Waals surface area contributed by atoms with E-state index in [1.54, 1.807) is 0 Å². The summed E-state index contributed by atoms with van der Waals surface area (Å²) >= 11 is 1.42.